The molecule has 0 radical (unpaired) electrons. The average Bonchev–Trinajstić information content (AvgIpc) is 3.00. The summed E-state index contributed by atoms with van der Waals surface area (Å²) >= 11 is 0. The number of non-ortho nitro benzene ring substituents is 1. The number of aromatic nitrogens is 1. The monoisotopic (exact) mass is 458 g/mol. The number of rotatable bonds is 6. The van der Waals surface area contributed by atoms with Crippen LogP contribution in [0.5, 0.6) is 0 Å². The van der Waals surface area contributed by atoms with Gasteiger partial charge in [0.1, 0.15) is 0 Å². The Morgan fingerprint density at radius 3 is 2.52 bits per heavy atom. The number of aryl methyl sites for hydroxylation is 2. The molecule has 0 atom stereocenters. The Balaban J connectivity index is 1.73. The normalized spacial score (nSPS) is 11.7. The number of benzene rings is 2. The molecule has 0 spiro atoms. The Bertz CT molecular complexity index is 1250. The maximum atomic E-state index is 12.8. The van der Waals surface area contributed by atoms with E-state index in [0.717, 1.165) is 34.8 Å². The summed E-state index contributed by atoms with van der Waals surface area (Å²) in [6.45, 7) is 5.50. The number of nitro benzene ring substituents is 1. The van der Waals surface area contributed by atoms with Crippen LogP contribution >= 0.6 is 0 Å². The molecule has 2 aromatic carbocycles. The Labute approximate surface area is 187 Å². The van der Waals surface area contributed by atoms with E-state index < -0.39 is 22.6 Å². The van der Waals surface area contributed by atoms with Crippen LogP contribution in [0, 0.1) is 30.9 Å². The second kappa shape index (κ2) is 9.27. The quantitative estimate of drug-likeness (QED) is 0.319. The largest absolute Gasteiger partial charge is 0.416 e. The lowest BCUT2D eigenvalue weighted by Gasteiger charge is -2.12. The molecule has 0 aliphatic carbocycles. The van der Waals surface area contributed by atoms with Gasteiger partial charge in [-0.2, -0.15) is 18.3 Å². The standard InChI is InChI=1S/C23H21F3N4O3/c1-14-9-20(30(32)33)7-8-21(14)29-15(2)10-18(16(29)3)13-27-28-22(31)12-17-5-4-6-19(11-17)23(24,25)26/h4-11,13H,12H2,1-3H3,(H,28,31)/b27-13+. The van der Waals surface area contributed by atoms with Gasteiger partial charge in [-0.25, -0.2) is 5.43 Å². The Morgan fingerprint density at radius 2 is 1.88 bits per heavy atom. The number of carbonyl (C=O) groups excluding carboxylic acids is 1. The van der Waals surface area contributed by atoms with Crippen molar-refractivity contribution in [1.82, 2.24) is 9.99 Å². The number of nitro groups is 1. The lowest BCUT2D eigenvalue weighted by molar-refractivity contribution is -0.384. The van der Waals surface area contributed by atoms with Gasteiger partial charge in [0.2, 0.25) is 5.91 Å². The van der Waals surface area contributed by atoms with Crippen LogP contribution in [0.15, 0.2) is 53.6 Å². The minimum absolute atomic E-state index is 0.00369. The van der Waals surface area contributed by atoms with Crippen LogP contribution in [-0.4, -0.2) is 21.6 Å². The number of amides is 1. The van der Waals surface area contributed by atoms with Gasteiger partial charge in [-0.1, -0.05) is 18.2 Å². The number of nitrogens with zero attached hydrogens (tertiary/aromatic N) is 3. The van der Waals surface area contributed by atoms with E-state index in [9.17, 15) is 28.1 Å². The van der Waals surface area contributed by atoms with Crippen LogP contribution < -0.4 is 5.43 Å². The first-order chi connectivity index (χ1) is 15.5. The van der Waals surface area contributed by atoms with Crippen molar-refractivity contribution in [2.45, 2.75) is 33.4 Å². The van der Waals surface area contributed by atoms with Crippen molar-refractivity contribution in [3.05, 3.63) is 92.3 Å². The lowest BCUT2D eigenvalue weighted by Crippen LogP contribution is -2.20. The van der Waals surface area contributed by atoms with Crippen LogP contribution in [0.2, 0.25) is 0 Å². The first-order valence-electron chi connectivity index (χ1n) is 9.89. The van der Waals surface area contributed by atoms with E-state index in [-0.39, 0.29) is 17.7 Å². The zero-order valence-electron chi connectivity index (χ0n) is 18.1. The molecule has 0 aliphatic heterocycles. The molecular weight excluding hydrogens is 437 g/mol. The maximum absolute atomic E-state index is 12.8. The van der Waals surface area contributed by atoms with Gasteiger partial charge in [-0.15, -0.1) is 0 Å². The van der Waals surface area contributed by atoms with Crippen molar-refractivity contribution in [2.75, 3.05) is 0 Å². The summed E-state index contributed by atoms with van der Waals surface area (Å²) < 4.78 is 40.4. The van der Waals surface area contributed by atoms with Crippen molar-refractivity contribution in [2.24, 2.45) is 5.10 Å². The first-order valence-corrected chi connectivity index (χ1v) is 9.89. The van der Waals surface area contributed by atoms with Crippen LogP contribution in [0.1, 0.15) is 33.6 Å². The molecule has 1 amide bonds. The Kier molecular flexibility index (Phi) is 6.66. The van der Waals surface area contributed by atoms with E-state index in [1.54, 1.807) is 13.0 Å². The van der Waals surface area contributed by atoms with E-state index in [4.69, 9.17) is 0 Å². The summed E-state index contributed by atoms with van der Waals surface area (Å²) in [5.41, 5.74) is 5.63. The van der Waals surface area contributed by atoms with Crippen molar-refractivity contribution in [3.8, 4) is 5.69 Å². The molecule has 3 rings (SSSR count). The zero-order chi connectivity index (χ0) is 24.3. The minimum atomic E-state index is -4.48. The fourth-order valence-electron chi connectivity index (χ4n) is 3.55. The SMILES string of the molecule is Cc1cc([N+](=O)[O-])ccc1-n1c(C)cc(/C=N/NC(=O)Cc2cccc(C(F)(F)F)c2)c1C. The van der Waals surface area contributed by atoms with Gasteiger partial charge >= 0.3 is 6.18 Å². The molecule has 0 unspecified atom stereocenters. The van der Waals surface area contributed by atoms with Crippen LogP contribution in [0.4, 0.5) is 18.9 Å². The third-order valence-electron chi connectivity index (χ3n) is 5.11. The maximum Gasteiger partial charge on any atom is 0.416 e. The van der Waals surface area contributed by atoms with Crippen LogP contribution in [0.3, 0.4) is 0 Å². The van der Waals surface area contributed by atoms with Crippen molar-refractivity contribution in [3.63, 3.8) is 0 Å². The molecule has 172 valence electrons. The van der Waals surface area contributed by atoms with Gasteiger partial charge < -0.3 is 4.57 Å². The molecule has 33 heavy (non-hydrogen) atoms. The van der Waals surface area contributed by atoms with Gasteiger partial charge in [-0.3, -0.25) is 14.9 Å². The summed E-state index contributed by atoms with van der Waals surface area (Å²) in [7, 11) is 0. The number of hydrogen-bond donors (Lipinski definition) is 1. The molecule has 0 aliphatic rings. The third kappa shape index (κ3) is 5.46. The van der Waals surface area contributed by atoms with E-state index in [0.29, 0.717) is 5.56 Å². The van der Waals surface area contributed by atoms with Crippen molar-refractivity contribution < 1.29 is 22.9 Å². The first kappa shape index (κ1) is 23.7. The molecule has 1 heterocycles. The molecule has 0 fully saturated rings. The number of nitrogens with one attached hydrogen (secondary N) is 1. The number of hydrogen-bond acceptors (Lipinski definition) is 4. The predicted octanol–water partition coefficient (Wildman–Crippen LogP) is 5.02. The number of alkyl halides is 3. The van der Waals surface area contributed by atoms with E-state index in [1.807, 2.05) is 24.5 Å². The summed E-state index contributed by atoms with van der Waals surface area (Å²) in [6, 6.07) is 11.0. The average molecular weight is 458 g/mol. The second-order valence-corrected chi connectivity index (χ2v) is 7.56. The molecule has 3 aromatic rings. The molecule has 0 bridgehead atoms. The highest BCUT2D eigenvalue weighted by Crippen LogP contribution is 2.29. The minimum Gasteiger partial charge on any atom is -0.318 e. The Morgan fingerprint density at radius 1 is 1.15 bits per heavy atom. The van der Waals surface area contributed by atoms with Crippen LogP contribution in [0.25, 0.3) is 5.69 Å². The third-order valence-corrected chi connectivity index (χ3v) is 5.11. The molecular formula is C23H21F3N4O3. The van der Waals surface area contributed by atoms with Gasteiger partial charge in [0.25, 0.3) is 5.69 Å². The Hall–Kier alpha value is -3.95. The zero-order valence-corrected chi connectivity index (χ0v) is 18.1. The molecule has 0 saturated heterocycles. The summed E-state index contributed by atoms with van der Waals surface area (Å²) in [6.07, 6.45) is -3.28. The predicted molar refractivity (Wildman–Crippen MR) is 118 cm³/mol. The summed E-state index contributed by atoms with van der Waals surface area (Å²) in [4.78, 5) is 22.6. The van der Waals surface area contributed by atoms with Gasteiger partial charge in [0, 0.05) is 34.8 Å². The molecule has 1 N–H and O–H groups in total. The highest BCUT2D eigenvalue weighted by atomic mass is 19.4. The van der Waals surface area contributed by atoms with Gasteiger partial charge in [-0.05, 0) is 50.1 Å². The van der Waals surface area contributed by atoms with Gasteiger partial charge in [0.05, 0.1) is 23.1 Å². The topological polar surface area (TPSA) is 89.5 Å². The molecule has 10 heteroatoms. The molecule has 7 nitrogen and oxygen atoms in total. The number of hydrazone groups is 1. The van der Waals surface area contributed by atoms with E-state index in [1.165, 1.54) is 30.5 Å². The number of carbonyl (C=O) groups is 1. The summed E-state index contributed by atoms with van der Waals surface area (Å²) in [5, 5.41) is 14.9. The highest BCUT2D eigenvalue weighted by molar-refractivity contribution is 5.85. The fourth-order valence-corrected chi connectivity index (χ4v) is 3.55. The summed E-state index contributed by atoms with van der Waals surface area (Å²) in [5.74, 6) is -0.550. The lowest BCUT2D eigenvalue weighted by atomic mass is 10.1. The van der Waals surface area contributed by atoms with Crippen LogP contribution in [-0.2, 0) is 17.4 Å². The van der Waals surface area contributed by atoms with E-state index >= 15 is 0 Å². The molecule has 0 saturated carbocycles. The second-order valence-electron chi connectivity index (χ2n) is 7.56. The number of halogens is 3. The fraction of sp³-hybridized carbons (Fsp3) is 0.217. The highest BCUT2D eigenvalue weighted by Gasteiger charge is 2.30. The van der Waals surface area contributed by atoms with Crippen molar-refractivity contribution in [1.29, 1.82) is 0 Å². The molecule has 1 aromatic heterocycles. The smallest absolute Gasteiger partial charge is 0.318 e. The van der Waals surface area contributed by atoms with Gasteiger partial charge in [0.15, 0.2) is 0 Å². The van der Waals surface area contributed by atoms with E-state index in [2.05, 4.69) is 10.5 Å². The van der Waals surface area contributed by atoms with Crippen molar-refractivity contribution >= 4 is 17.8 Å².